The Morgan fingerprint density at radius 2 is 2.36 bits per heavy atom. The van der Waals surface area contributed by atoms with Gasteiger partial charge in [-0.25, -0.2) is 0 Å². The minimum Gasteiger partial charge on any atom is -0.393 e. The van der Waals surface area contributed by atoms with Crippen LogP contribution in [0.5, 0.6) is 0 Å². The fraction of sp³-hybridized carbons (Fsp3) is 0.900. The van der Waals surface area contributed by atoms with Gasteiger partial charge in [-0.15, -0.1) is 0 Å². The highest BCUT2D eigenvalue weighted by molar-refractivity contribution is 5.73. The third-order valence-electron chi connectivity index (χ3n) is 2.89. The first-order valence-corrected chi connectivity index (χ1v) is 5.06. The number of hydrogen-bond acceptors (Lipinski definition) is 3. The molecule has 2 N–H and O–H groups in total. The van der Waals surface area contributed by atoms with Crippen molar-refractivity contribution in [1.82, 2.24) is 5.32 Å². The van der Waals surface area contributed by atoms with Crippen LogP contribution >= 0.6 is 0 Å². The van der Waals surface area contributed by atoms with Gasteiger partial charge >= 0.3 is 0 Å². The van der Waals surface area contributed by atoms with Crippen molar-refractivity contribution in [3.8, 4) is 0 Å². The fourth-order valence-electron chi connectivity index (χ4n) is 1.83. The normalized spacial score (nSPS) is 32.2. The van der Waals surface area contributed by atoms with Crippen molar-refractivity contribution in [1.29, 1.82) is 0 Å². The summed E-state index contributed by atoms with van der Waals surface area (Å²) in [6.07, 6.45) is 1.34. The number of hydrogen-bond donors (Lipinski definition) is 2. The van der Waals surface area contributed by atoms with E-state index in [1.807, 2.05) is 13.8 Å². The van der Waals surface area contributed by atoms with Crippen LogP contribution in [-0.2, 0) is 9.53 Å². The molecular weight excluding hydrogens is 182 g/mol. The number of carbonyl (C=O) groups is 1. The highest BCUT2D eigenvalue weighted by Crippen LogP contribution is 2.35. The smallest absolute Gasteiger partial charge is 0.218 e. The van der Waals surface area contributed by atoms with E-state index in [1.54, 1.807) is 0 Å². The Labute approximate surface area is 84.6 Å². The highest BCUT2D eigenvalue weighted by Gasteiger charge is 2.42. The second-order valence-electron chi connectivity index (χ2n) is 4.22. The number of aliphatic hydroxyl groups is 1. The Kier molecular flexibility index (Phi) is 3.50. The van der Waals surface area contributed by atoms with Crippen LogP contribution in [0.4, 0.5) is 0 Å². The van der Waals surface area contributed by atoms with Crippen LogP contribution in [0.1, 0.15) is 33.6 Å². The molecule has 1 fully saturated rings. The predicted octanol–water partition coefficient (Wildman–Crippen LogP) is 0.646. The van der Waals surface area contributed by atoms with Crippen LogP contribution in [-0.4, -0.2) is 29.4 Å². The van der Waals surface area contributed by atoms with Crippen LogP contribution in [0.3, 0.4) is 0 Å². The summed E-state index contributed by atoms with van der Waals surface area (Å²) in [7, 11) is 0. The van der Waals surface area contributed by atoms with E-state index < -0.39 is 5.60 Å². The number of aliphatic hydroxyl groups excluding tert-OH is 1. The van der Waals surface area contributed by atoms with Crippen LogP contribution in [0.25, 0.3) is 0 Å². The van der Waals surface area contributed by atoms with Crippen LogP contribution in [0, 0.1) is 5.92 Å². The molecule has 0 bridgehead atoms. The van der Waals surface area contributed by atoms with E-state index in [4.69, 9.17) is 4.74 Å². The van der Waals surface area contributed by atoms with E-state index in [9.17, 15) is 9.90 Å². The average molecular weight is 201 g/mol. The Morgan fingerprint density at radius 1 is 1.71 bits per heavy atom. The van der Waals surface area contributed by atoms with Crippen LogP contribution in [0.2, 0.25) is 0 Å². The van der Waals surface area contributed by atoms with Gasteiger partial charge in [0.2, 0.25) is 5.91 Å². The van der Waals surface area contributed by atoms with Gasteiger partial charge in [-0.05, 0) is 18.8 Å². The molecule has 0 aliphatic carbocycles. The number of amides is 1. The zero-order valence-corrected chi connectivity index (χ0v) is 9.04. The molecule has 1 saturated heterocycles. The summed E-state index contributed by atoms with van der Waals surface area (Å²) in [6, 6.07) is 0. The highest BCUT2D eigenvalue weighted by atomic mass is 16.5. The summed E-state index contributed by atoms with van der Waals surface area (Å²) in [5, 5.41) is 12.0. The summed E-state index contributed by atoms with van der Waals surface area (Å²) >= 11 is 0. The summed E-state index contributed by atoms with van der Waals surface area (Å²) in [6.45, 7) is 5.52. The number of carbonyl (C=O) groups excluding carboxylic acids is 1. The van der Waals surface area contributed by atoms with Gasteiger partial charge in [-0.3, -0.25) is 4.79 Å². The Hall–Kier alpha value is -0.610. The summed E-state index contributed by atoms with van der Waals surface area (Å²) in [5.74, 6) is 0.166. The third kappa shape index (κ3) is 2.25. The molecule has 1 amide bonds. The van der Waals surface area contributed by atoms with E-state index >= 15 is 0 Å². The topological polar surface area (TPSA) is 58.6 Å². The first kappa shape index (κ1) is 11.5. The Bertz CT molecular complexity index is 217. The largest absolute Gasteiger partial charge is 0.393 e. The molecule has 0 aromatic carbocycles. The van der Waals surface area contributed by atoms with Gasteiger partial charge in [-0.2, -0.15) is 0 Å². The lowest BCUT2D eigenvalue weighted by Gasteiger charge is -2.31. The molecule has 14 heavy (non-hydrogen) atoms. The SMILES string of the molecule is CC(=O)N[C@H]1CC[C@](CO)(C(C)C)O1. The molecule has 1 aliphatic heterocycles. The number of ether oxygens (including phenoxy) is 1. The van der Waals surface area contributed by atoms with Gasteiger partial charge in [-0.1, -0.05) is 13.8 Å². The molecule has 82 valence electrons. The molecule has 0 unspecified atom stereocenters. The zero-order chi connectivity index (χ0) is 10.8. The van der Waals surface area contributed by atoms with Crippen LogP contribution in [0.15, 0.2) is 0 Å². The average Bonchev–Trinajstić information content (AvgIpc) is 2.48. The molecule has 0 aromatic heterocycles. The predicted molar refractivity (Wildman–Crippen MR) is 52.6 cm³/mol. The lowest BCUT2D eigenvalue weighted by molar-refractivity contribution is -0.133. The van der Waals surface area contributed by atoms with Gasteiger partial charge in [0.05, 0.1) is 12.2 Å². The summed E-state index contributed by atoms with van der Waals surface area (Å²) < 4.78 is 5.69. The molecular formula is C10H19NO3. The zero-order valence-electron chi connectivity index (χ0n) is 9.04. The lowest BCUT2D eigenvalue weighted by Crippen LogP contribution is -2.42. The van der Waals surface area contributed by atoms with E-state index in [0.717, 1.165) is 12.8 Å². The van der Waals surface area contributed by atoms with Crippen molar-refractivity contribution in [2.45, 2.75) is 45.4 Å². The van der Waals surface area contributed by atoms with Crippen molar-refractivity contribution >= 4 is 5.91 Å². The molecule has 4 heteroatoms. The van der Waals surface area contributed by atoms with E-state index in [2.05, 4.69) is 5.32 Å². The van der Waals surface area contributed by atoms with E-state index in [-0.39, 0.29) is 24.7 Å². The molecule has 2 atom stereocenters. The Morgan fingerprint density at radius 3 is 2.71 bits per heavy atom. The standard InChI is InChI=1S/C10H19NO3/c1-7(2)10(6-12)5-4-9(14-10)11-8(3)13/h7,9,12H,4-6H2,1-3H3,(H,11,13)/t9-,10+/m1/s1. The number of rotatable bonds is 3. The molecule has 0 saturated carbocycles. The maximum atomic E-state index is 10.8. The van der Waals surface area contributed by atoms with Gasteiger partial charge in [0.15, 0.2) is 0 Å². The van der Waals surface area contributed by atoms with Crippen LogP contribution < -0.4 is 5.32 Å². The minimum atomic E-state index is -0.465. The molecule has 1 heterocycles. The van der Waals surface area contributed by atoms with Crippen molar-refractivity contribution in [2.24, 2.45) is 5.92 Å². The van der Waals surface area contributed by atoms with Gasteiger partial charge in [0.1, 0.15) is 6.23 Å². The molecule has 4 nitrogen and oxygen atoms in total. The van der Waals surface area contributed by atoms with Crippen molar-refractivity contribution in [3.63, 3.8) is 0 Å². The first-order chi connectivity index (χ1) is 6.50. The van der Waals surface area contributed by atoms with E-state index in [0.29, 0.717) is 0 Å². The van der Waals surface area contributed by atoms with Gasteiger partial charge in [0, 0.05) is 6.92 Å². The molecule has 1 rings (SSSR count). The second-order valence-corrected chi connectivity index (χ2v) is 4.22. The van der Waals surface area contributed by atoms with Gasteiger partial charge in [0.25, 0.3) is 0 Å². The fourth-order valence-corrected chi connectivity index (χ4v) is 1.83. The second kappa shape index (κ2) is 4.28. The maximum absolute atomic E-state index is 10.8. The van der Waals surface area contributed by atoms with Crippen molar-refractivity contribution in [2.75, 3.05) is 6.61 Å². The summed E-state index contributed by atoms with van der Waals surface area (Å²) in [4.78, 5) is 10.8. The molecule has 1 aliphatic rings. The lowest BCUT2D eigenvalue weighted by atomic mass is 9.88. The first-order valence-electron chi connectivity index (χ1n) is 5.06. The van der Waals surface area contributed by atoms with E-state index in [1.165, 1.54) is 6.92 Å². The monoisotopic (exact) mass is 201 g/mol. The quantitative estimate of drug-likeness (QED) is 0.704. The molecule has 0 spiro atoms. The van der Waals surface area contributed by atoms with Gasteiger partial charge < -0.3 is 15.2 Å². The molecule has 0 aromatic rings. The Balaban J connectivity index is 2.57. The minimum absolute atomic E-state index is 0.0146. The maximum Gasteiger partial charge on any atom is 0.218 e. The number of nitrogens with one attached hydrogen (secondary N) is 1. The molecule has 0 radical (unpaired) electrons. The third-order valence-corrected chi connectivity index (χ3v) is 2.89. The summed E-state index contributed by atoms with van der Waals surface area (Å²) in [5.41, 5.74) is -0.465. The van der Waals surface area contributed by atoms with Crippen molar-refractivity contribution < 1.29 is 14.6 Å². The van der Waals surface area contributed by atoms with Crippen molar-refractivity contribution in [3.05, 3.63) is 0 Å².